The van der Waals surface area contributed by atoms with E-state index in [-0.39, 0.29) is 39.3 Å². The molecule has 2 heterocycles. The zero-order valence-electron chi connectivity index (χ0n) is 16.6. The standard InChI is InChI=1S/C18H24ClN5O4S/c1-17(2)9-12(10-18(3,4)24-17)28-16-22-14(19)21-15(23-16)20-11-5-7-13(8-6-11)29(25,26)27/h5-8,12,24H,9-10H2,1-4H3,(H,25,26,27)(H,20,21,22,23). The number of aromatic nitrogens is 3. The van der Waals surface area contributed by atoms with Gasteiger partial charge in [0.2, 0.25) is 11.2 Å². The van der Waals surface area contributed by atoms with E-state index < -0.39 is 10.1 Å². The Hall–Kier alpha value is -2.01. The molecule has 1 saturated heterocycles. The summed E-state index contributed by atoms with van der Waals surface area (Å²) >= 11 is 6.02. The molecule has 3 N–H and O–H groups in total. The van der Waals surface area contributed by atoms with Crippen LogP contribution in [0.25, 0.3) is 0 Å². The maximum absolute atomic E-state index is 11.1. The summed E-state index contributed by atoms with van der Waals surface area (Å²) in [5, 5.41) is 6.48. The van der Waals surface area contributed by atoms with E-state index in [2.05, 4.69) is 53.3 Å². The van der Waals surface area contributed by atoms with Gasteiger partial charge in [-0.15, -0.1) is 0 Å². The maximum Gasteiger partial charge on any atom is 0.322 e. The molecule has 2 aromatic rings. The molecule has 0 aliphatic carbocycles. The van der Waals surface area contributed by atoms with Crippen LogP contribution >= 0.6 is 11.6 Å². The van der Waals surface area contributed by atoms with Gasteiger partial charge < -0.3 is 15.4 Å². The molecule has 29 heavy (non-hydrogen) atoms. The molecule has 0 atom stereocenters. The molecule has 0 saturated carbocycles. The van der Waals surface area contributed by atoms with Gasteiger partial charge in [0.25, 0.3) is 10.1 Å². The van der Waals surface area contributed by atoms with Crippen molar-refractivity contribution < 1.29 is 17.7 Å². The van der Waals surface area contributed by atoms with Gasteiger partial charge in [-0.05, 0) is 63.6 Å². The number of hydrogen-bond donors (Lipinski definition) is 3. The third kappa shape index (κ3) is 5.99. The lowest BCUT2D eigenvalue weighted by Gasteiger charge is -2.45. The highest BCUT2D eigenvalue weighted by molar-refractivity contribution is 7.85. The minimum Gasteiger partial charge on any atom is -0.460 e. The normalized spacial score (nSPS) is 19.0. The molecule has 1 aromatic carbocycles. The minimum atomic E-state index is -4.26. The van der Waals surface area contributed by atoms with E-state index in [4.69, 9.17) is 20.9 Å². The Morgan fingerprint density at radius 1 is 1.10 bits per heavy atom. The average molecular weight is 442 g/mol. The summed E-state index contributed by atoms with van der Waals surface area (Å²) in [4.78, 5) is 12.1. The summed E-state index contributed by atoms with van der Waals surface area (Å²) < 4.78 is 37.3. The second-order valence-corrected chi connectivity index (χ2v) is 10.1. The average Bonchev–Trinajstić information content (AvgIpc) is 2.50. The smallest absolute Gasteiger partial charge is 0.322 e. The Balaban J connectivity index is 1.76. The Morgan fingerprint density at radius 2 is 1.69 bits per heavy atom. The summed E-state index contributed by atoms with van der Waals surface area (Å²) in [5.74, 6) is 0.159. The first-order valence-corrected chi connectivity index (χ1v) is 10.9. The van der Waals surface area contributed by atoms with Crippen LogP contribution in [0.15, 0.2) is 29.2 Å². The number of nitrogens with zero attached hydrogens (tertiary/aromatic N) is 3. The lowest BCUT2D eigenvalue weighted by molar-refractivity contribution is 0.0498. The fraction of sp³-hybridized carbons (Fsp3) is 0.500. The van der Waals surface area contributed by atoms with Crippen molar-refractivity contribution in [2.75, 3.05) is 5.32 Å². The SMILES string of the molecule is CC1(C)CC(Oc2nc(Cl)nc(Nc3ccc(S(=O)(=O)O)cc3)n2)CC(C)(C)N1. The van der Waals surface area contributed by atoms with E-state index in [1.54, 1.807) is 0 Å². The van der Waals surface area contributed by atoms with E-state index in [0.717, 1.165) is 12.8 Å². The van der Waals surface area contributed by atoms with Gasteiger partial charge in [0.1, 0.15) is 6.10 Å². The number of piperidine rings is 1. The number of anilines is 2. The van der Waals surface area contributed by atoms with Crippen LogP contribution in [0.2, 0.25) is 5.28 Å². The first-order valence-electron chi connectivity index (χ1n) is 9.04. The van der Waals surface area contributed by atoms with E-state index in [1.807, 2.05) is 0 Å². The van der Waals surface area contributed by atoms with Crippen LogP contribution in [-0.4, -0.2) is 45.1 Å². The van der Waals surface area contributed by atoms with Crippen LogP contribution in [0, 0.1) is 0 Å². The van der Waals surface area contributed by atoms with E-state index in [9.17, 15) is 8.42 Å². The highest BCUT2D eigenvalue weighted by Gasteiger charge is 2.39. The number of halogens is 1. The molecule has 3 rings (SSSR count). The molecule has 9 nitrogen and oxygen atoms in total. The molecule has 158 valence electrons. The van der Waals surface area contributed by atoms with Gasteiger partial charge in [-0.1, -0.05) is 0 Å². The molecular weight excluding hydrogens is 418 g/mol. The number of rotatable bonds is 5. The zero-order valence-corrected chi connectivity index (χ0v) is 18.2. The quantitative estimate of drug-likeness (QED) is 0.599. The van der Waals surface area contributed by atoms with E-state index in [1.165, 1.54) is 24.3 Å². The van der Waals surface area contributed by atoms with Crippen LogP contribution < -0.4 is 15.4 Å². The monoisotopic (exact) mass is 441 g/mol. The lowest BCUT2D eigenvalue weighted by Crippen LogP contribution is -2.60. The summed E-state index contributed by atoms with van der Waals surface area (Å²) in [5.41, 5.74) is 0.313. The largest absolute Gasteiger partial charge is 0.460 e. The van der Waals surface area contributed by atoms with Gasteiger partial charge in [0.05, 0.1) is 4.90 Å². The minimum absolute atomic E-state index is 0.0282. The maximum atomic E-state index is 11.1. The lowest BCUT2D eigenvalue weighted by atomic mass is 9.81. The second kappa shape index (κ2) is 7.67. The number of benzene rings is 1. The number of nitrogens with one attached hydrogen (secondary N) is 2. The van der Waals surface area contributed by atoms with Crippen LogP contribution in [-0.2, 0) is 10.1 Å². The molecule has 1 aromatic heterocycles. The molecule has 1 aliphatic heterocycles. The topological polar surface area (TPSA) is 126 Å². The Morgan fingerprint density at radius 3 is 2.24 bits per heavy atom. The predicted octanol–water partition coefficient (Wildman–Crippen LogP) is 3.20. The van der Waals surface area contributed by atoms with Crippen molar-refractivity contribution in [2.45, 2.75) is 62.6 Å². The first-order chi connectivity index (χ1) is 13.3. The van der Waals surface area contributed by atoms with Crippen LogP contribution in [0.3, 0.4) is 0 Å². The van der Waals surface area contributed by atoms with Gasteiger partial charge in [0, 0.05) is 29.6 Å². The molecule has 0 radical (unpaired) electrons. The molecule has 1 fully saturated rings. The van der Waals surface area contributed by atoms with Gasteiger partial charge in [-0.3, -0.25) is 4.55 Å². The van der Waals surface area contributed by atoms with Gasteiger partial charge in [-0.2, -0.15) is 23.4 Å². The zero-order chi connectivity index (χ0) is 21.4. The molecule has 0 unspecified atom stereocenters. The van der Waals surface area contributed by atoms with Crippen molar-refractivity contribution in [1.29, 1.82) is 0 Å². The van der Waals surface area contributed by atoms with Crippen LogP contribution in [0.5, 0.6) is 6.01 Å². The highest BCUT2D eigenvalue weighted by Crippen LogP contribution is 2.31. The summed E-state index contributed by atoms with van der Waals surface area (Å²) in [6.07, 6.45) is 1.46. The van der Waals surface area contributed by atoms with Gasteiger partial charge in [0.15, 0.2) is 0 Å². The van der Waals surface area contributed by atoms with Crippen molar-refractivity contribution in [1.82, 2.24) is 20.3 Å². The Bertz CT molecular complexity index is 980. The van der Waals surface area contributed by atoms with Crippen LogP contribution in [0.4, 0.5) is 11.6 Å². The van der Waals surface area contributed by atoms with Crippen molar-refractivity contribution in [3.63, 3.8) is 0 Å². The first kappa shape index (κ1) is 21.7. The van der Waals surface area contributed by atoms with Crippen molar-refractivity contribution in [2.24, 2.45) is 0 Å². The van der Waals surface area contributed by atoms with Gasteiger partial charge >= 0.3 is 6.01 Å². The Labute approximate surface area is 175 Å². The van der Waals surface area contributed by atoms with Crippen molar-refractivity contribution in [3.8, 4) is 6.01 Å². The molecule has 0 spiro atoms. The molecular formula is C18H24ClN5O4S. The molecule has 0 amide bonds. The van der Waals surface area contributed by atoms with Crippen molar-refractivity contribution >= 4 is 33.4 Å². The Kier molecular flexibility index (Phi) is 5.74. The summed E-state index contributed by atoms with van der Waals surface area (Å²) in [6, 6.07) is 5.58. The number of ether oxygens (including phenoxy) is 1. The fourth-order valence-electron chi connectivity index (χ4n) is 3.74. The fourth-order valence-corrected chi connectivity index (χ4v) is 4.37. The third-order valence-corrected chi connectivity index (χ3v) is 5.46. The predicted molar refractivity (Wildman–Crippen MR) is 109 cm³/mol. The summed E-state index contributed by atoms with van der Waals surface area (Å²) in [6.45, 7) is 8.48. The third-order valence-electron chi connectivity index (χ3n) is 4.42. The summed E-state index contributed by atoms with van der Waals surface area (Å²) in [7, 11) is -4.26. The van der Waals surface area contributed by atoms with E-state index in [0.29, 0.717) is 5.69 Å². The van der Waals surface area contributed by atoms with Crippen molar-refractivity contribution in [3.05, 3.63) is 29.5 Å². The molecule has 1 aliphatic rings. The van der Waals surface area contributed by atoms with Crippen LogP contribution in [0.1, 0.15) is 40.5 Å². The molecule has 0 bridgehead atoms. The van der Waals surface area contributed by atoms with Gasteiger partial charge in [-0.25, -0.2) is 0 Å². The number of hydrogen-bond acceptors (Lipinski definition) is 8. The van der Waals surface area contributed by atoms with E-state index >= 15 is 0 Å². The highest BCUT2D eigenvalue weighted by atomic mass is 35.5. The molecule has 11 heteroatoms. The second-order valence-electron chi connectivity index (χ2n) is 8.38.